The van der Waals surface area contributed by atoms with Gasteiger partial charge < -0.3 is 14.0 Å². The summed E-state index contributed by atoms with van der Waals surface area (Å²) in [5.74, 6) is 1.46. The highest BCUT2D eigenvalue weighted by Crippen LogP contribution is 2.35. The van der Waals surface area contributed by atoms with Crippen LogP contribution in [0.25, 0.3) is 10.2 Å². The molecule has 112 valence electrons. The van der Waals surface area contributed by atoms with Gasteiger partial charge in [-0.2, -0.15) is 4.99 Å². The van der Waals surface area contributed by atoms with E-state index in [0.717, 1.165) is 34.6 Å². The van der Waals surface area contributed by atoms with Gasteiger partial charge in [-0.05, 0) is 6.42 Å². The Labute approximate surface area is 126 Å². The monoisotopic (exact) mass is 306 g/mol. The SMILES string of the molecule is CCCCC(=O)N=c1sc2cc3c(cc2n1C)OCCO3. The van der Waals surface area contributed by atoms with E-state index in [9.17, 15) is 4.79 Å². The summed E-state index contributed by atoms with van der Waals surface area (Å²) in [4.78, 5) is 16.8. The molecule has 0 saturated heterocycles. The fraction of sp³-hybridized carbons (Fsp3) is 0.467. The number of thiazole rings is 1. The van der Waals surface area contributed by atoms with E-state index in [0.29, 0.717) is 24.4 Å². The first-order valence-corrected chi connectivity index (χ1v) is 7.97. The van der Waals surface area contributed by atoms with E-state index in [4.69, 9.17) is 9.47 Å². The fourth-order valence-electron chi connectivity index (χ4n) is 2.26. The lowest BCUT2D eigenvalue weighted by Crippen LogP contribution is -2.15. The van der Waals surface area contributed by atoms with Gasteiger partial charge in [-0.25, -0.2) is 0 Å². The van der Waals surface area contributed by atoms with E-state index < -0.39 is 0 Å². The number of hydrogen-bond acceptors (Lipinski definition) is 4. The molecule has 0 N–H and O–H groups in total. The van der Waals surface area contributed by atoms with E-state index >= 15 is 0 Å². The minimum absolute atomic E-state index is 0.0590. The Morgan fingerprint density at radius 2 is 2.05 bits per heavy atom. The van der Waals surface area contributed by atoms with E-state index in [1.165, 1.54) is 11.3 Å². The molecule has 0 saturated carbocycles. The van der Waals surface area contributed by atoms with Gasteiger partial charge in [-0.1, -0.05) is 24.7 Å². The van der Waals surface area contributed by atoms with Crippen molar-refractivity contribution >= 4 is 27.5 Å². The highest BCUT2D eigenvalue weighted by molar-refractivity contribution is 7.16. The molecule has 2 heterocycles. The third-order valence-electron chi connectivity index (χ3n) is 3.44. The maximum atomic E-state index is 11.8. The number of hydrogen-bond donors (Lipinski definition) is 0. The molecule has 3 rings (SSSR count). The molecule has 1 aromatic carbocycles. The predicted molar refractivity (Wildman–Crippen MR) is 81.9 cm³/mol. The van der Waals surface area contributed by atoms with Crippen molar-refractivity contribution < 1.29 is 14.3 Å². The zero-order valence-corrected chi connectivity index (χ0v) is 13.0. The molecule has 21 heavy (non-hydrogen) atoms. The number of ether oxygens (including phenoxy) is 2. The van der Waals surface area contributed by atoms with Gasteiger partial charge in [0.2, 0.25) is 5.91 Å². The lowest BCUT2D eigenvalue weighted by Gasteiger charge is -2.18. The van der Waals surface area contributed by atoms with Crippen LogP contribution in [0.3, 0.4) is 0 Å². The topological polar surface area (TPSA) is 52.8 Å². The lowest BCUT2D eigenvalue weighted by atomic mass is 10.2. The summed E-state index contributed by atoms with van der Waals surface area (Å²) in [6.45, 7) is 3.21. The van der Waals surface area contributed by atoms with Crippen LogP contribution < -0.4 is 14.3 Å². The smallest absolute Gasteiger partial charge is 0.248 e. The van der Waals surface area contributed by atoms with Crippen LogP contribution in [0.5, 0.6) is 11.5 Å². The van der Waals surface area contributed by atoms with Gasteiger partial charge in [0.1, 0.15) is 13.2 Å². The molecule has 0 aliphatic carbocycles. The molecule has 5 nitrogen and oxygen atoms in total. The summed E-state index contributed by atoms with van der Waals surface area (Å²) in [5, 5.41) is 0. The maximum absolute atomic E-state index is 11.8. The van der Waals surface area contributed by atoms with Crippen LogP contribution in [0.15, 0.2) is 17.1 Å². The van der Waals surface area contributed by atoms with Gasteiger partial charge in [0.25, 0.3) is 0 Å². The third-order valence-corrected chi connectivity index (χ3v) is 4.53. The fourth-order valence-corrected chi connectivity index (χ4v) is 3.31. The van der Waals surface area contributed by atoms with E-state index in [2.05, 4.69) is 11.9 Å². The van der Waals surface area contributed by atoms with Gasteiger partial charge in [0.15, 0.2) is 16.3 Å². The maximum Gasteiger partial charge on any atom is 0.248 e. The minimum atomic E-state index is -0.0590. The Hall–Kier alpha value is -1.82. The second-order valence-corrected chi connectivity index (χ2v) is 6.03. The molecule has 2 aromatic rings. The summed E-state index contributed by atoms with van der Waals surface area (Å²) in [7, 11) is 1.92. The van der Waals surface area contributed by atoms with E-state index in [1.807, 2.05) is 23.7 Å². The Morgan fingerprint density at radius 3 is 2.76 bits per heavy atom. The summed E-state index contributed by atoms with van der Waals surface area (Å²) in [6, 6.07) is 3.92. The Kier molecular flexibility index (Phi) is 3.96. The molecule has 0 unspecified atom stereocenters. The Morgan fingerprint density at radius 1 is 1.33 bits per heavy atom. The van der Waals surface area contributed by atoms with Crippen LogP contribution in [0.1, 0.15) is 26.2 Å². The number of aromatic nitrogens is 1. The minimum Gasteiger partial charge on any atom is -0.486 e. The van der Waals surface area contributed by atoms with E-state index in [-0.39, 0.29) is 5.91 Å². The van der Waals surface area contributed by atoms with Gasteiger partial charge >= 0.3 is 0 Å². The molecule has 1 aromatic heterocycles. The van der Waals surface area contributed by atoms with Crippen molar-refractivity contribution in [1.29, 1.82) is 0 Å². The van der Waals surface area contributed by atoms with Crippen molar-refractivity contribution in [2.45, 2.75) is 26.2 Å². The predicted octanol–water partition coefficient (Wildman–Crippen LogP) is 2.63. The van der Waals surface area contributed by atoms with Crippen molar-refractivity contribution in [3.05, 3.63) is 16.9 Å². The molecule has 1 aliphatic rings. The Bertz CT molecular complexity index is 745. The number of unbranched alkanes of at least 4 members (excludes halogenated alkanes) is 1. The molecular formula is C15H18N2O3S. The zero-order valence-electron chi connectivity index (χ0n) is 12.2. The average molecular weight is 306 g/mol. The van der Waals surface area contributed by atoms with Crippen LogP contribution in [-0.4, -0.2) is 23.7 Å². The molecule has 0 bridgehead atoms. The summed E-state index contributed by atoms with van der Waals surface area (Å²) in [6.07, 6.45) is 2.39. The first kappa shape index (κ1) is 14.1. The molecule has 0 radical (unpaired) electrons. The van der Waals surface area contributed by atoms with Crippen molar-refractivity contribution in [2.24, 2.45) is 12.0 Å². The molecule has 6 heteroatoms. The normalized spacial score (nSPS) is 14.7. The van der Waals surface area contributed by atoms with Crippen LogP contribution in [0, 0.1) is 0 Å². The van der Waals surface area contributed by atoms with E-state index in [1.54, 1.807) is 0 Å². The number of carbonyl (C=O) groups is 1. The van der Waals surface area contributed by atoms with Crippen LogP contribution in [-0.2, 0) is 11.8 Å². The molecular weight excluding hydrogens is 288 g/mol. The second-order valence-electron chi connectivity index (χ2n) is 5.02. The number of rotatable bonds is 3. The van der Waals surface area contributed by atoms with Crippen molar-refractivity contribution in [1.82, 2.24) is 4.57 Å². The van der Waals surface area contributed by atoms with Crippen LogP contribution in [0.4, 0.5) is 0 Å². The summed E-state index contributed by atoms with van der Waals surface area (Å²) >= 11 is 1.50. The number of benzene rings is 1. The zero-order chi connectivity index (χ0) is 14.8. The standard InChI is InChI=1S/C15H18N2O3S/c1-3-4-5-14(18)16-15-17(2)10-8-11-12(9-13(10)21-15)20-7-6-19-11/h8-9H,3-7H2,1-2H3. The van der Waals surface area contributed by atoms with Gasteiger partial charge in [-0.15, -0.1) is 0 Å². The molecule has 0 spiro atoms. The van der Waals surface area contributed by atoms with Crippen molar-refractivity contribution in [3.63, 3.8) is 0 Å². The second kappa shape index (κ2) is 5.89. The van der Waals surface area contributed by atoms with Crippen LogP contribution >= 0.6 is 11.3 Å². The molecule has 0 fully saturated rings. The first-order valence-electron chi connectivity index (χ1n) is 7.15. The Balaban J connectivity index is 2.03. The largest absolute Gasteiger partial charge is 0.486 e. The van der Waals surface area contributed by atoms with Crippen molar-refractivity contribution in [3.8, 4) is 11.5 Å². The highest BCUT2D eigenvalue weighted by Gasteiger charge is 2.15. The van der Waals surface area contributed by atoms with Crippen LogP contribution in [0.2, 0.25) is 0 Å². The quantitative estimate of drug-likeness (QED) is 0.876. The van der Waals surface area contributed by atoms with Crippen molar-refractivity contribution in [2.75, 3.05) is 13.2 Å². The van der Waals surface area contributed by atoms with Gasteiger partial charge in [0.05, 0.1) is 10.2 Å². The molecule has 1 amide bonds. The summed E-state index contributed by atoms with van der Waals surface area (Å²) in [5.41, 5.74) is 1.01. The number of fused-ring (bicyclic) bond motifs is 2. The molecule has 0 atom stereocenters. The van der Waals surface area contributed by atoms with Gasteiger partial charge in [0, 0.05) is 25.6 Å². The number of nitrogens with zero attached hydrogens (tertiary/aromatic N) is 2. The third kappa shape index (κ3) is 2.81. The highest BCUT2D eigenvalue weighted by atomic mass is 32.1. The number of carbonyl (C=O) groups excluding carboxylic acids is 1. The molecule has 1 aliphatic heterocycles. The number of amides is 1. The lowest BCUT2D eigenvalue weighted by molar-refractivity contribution is -0.118. The average Bonchev–Trinajstić information content (AvgIpc) is 2.79. The van der Waals surface area contributed by atoms with Gasteiger partial charge in [-0.3, -0.25) is 4.79 Å². The summed E-state index contributed by atoms with van der Waals surface area (Å²) < 4.78 is 14.2. The number of aryl methyl sites for hydroxylation is 1. The first-order chi connectivity index (χ1) is 10.2.